The molecule has 1 aliphatic carbocycles. The minimum atomic E-state index is 0.162. The summed E-state index contributed by atoms with van der Waals surface area (Å²) in [4.78, 5) is 0. The standard InChI is InChI=1S/C14H21NO3/c1-18-14-7-10(5-6-13(14)17)8-15-12-4-2-3-11(12)9-16/h5-7,11-12,15-17H,2-4,8-9H2,1H3. The Kier molecular flexibility index (Phi) is 4.44. The largest absolute Gasteiger partial charge is 0.504 e. The molecule has 4 nitrogen and oxygen atoms in total. The van der Waals surface area contributed by atoms with Gasteiger partial charge in [0, 0.05) is 19.2 Å². The lowest BCUT2D eigenvalue weighted by molar-refractivity contribution is 0.205. The first-order valence-electron chi connectivity index (χ1n) is 6.44. The van der Waals surface area contributed by atoms with Gasteiger partial charge in [0.15, 0.2) is 11.5 Å². The highest BCUT2D eigenvalue weighted by Gasteiger charge is 2.25. The highest BCUT2D eigenvalue weighted by molar-refractivity contribution is 5.41. The molecule has 0 heterocycles. The van der Waals surface area contributed by atoms with Gasteiger partial charge in [0.25, 0.3) is 0 Å². The maximum absolute atomic E-state index is 9.52. The Balaban J connectivity index is 1.93. The molecule has 2 unspecified atom stereocenters. The monoisotopic (exact) mass is 251 g/mol. The molecule has 1 fully saturated rings. The summed E-state index contributed by atoms with van der Waals surface area (Å²) in [5.41, 5.74) is 1.08. The second-order valence-corrected chi connectivity index (χ2v) is 4.87. The molecule has 2 atom stereocenters. The Bertz CT molecular complexity index is 395. The molecule has 0 aliphatic heterocycles. The first kappa shape index (κ1) is 13.2. The van der Waals surface area contributed by atoms with Gasteiger partial charge in [-0.15, -0.1) is 0 Å². The molecule has 0 spiro atoms. The predicted octanol–water partition coefficient (Wildman–Crippen LogP) is 1.65. The van der Waals surface area contributed by atoms with Crippen molar-refractivity contribution in [3.63, 3.8) is 0 Å². The van der Waals surface area contributed by atoms with Crippen LogP contribution in [-0.4, -0.2) is 30.0 Å². The molecule has 0 radical (unpaired) electrons. The molecule has 100 valence electrons. The number of hydrogen-bond acceptors (Lipinski definition) is 4. The molecule has 0 aromatic heterocycles. The van der Waals surface area contributed by atoms with Crippen molar-refractivity contribution >= 4 is 0 Å². The molecule has 0 saturated heterocycles. The Morgan fingerprint density at radius 3 is 2.94 bits per heavy atom. The second-order valence-electron chi connectivity index (χ2n) is 4.87. The molecule has 2 rings (SSSR count). The van der Waals surface area contributed by atoms with Crippen molar-refractivity contribution in [1.82, 2.24) is 5.32 Å². The average Bonchev–Trinajstić information content (AvgIpc) is 2.85. The van der Waals surface area contributed by atoms with Crippen LogP contribution in [0.4, 0.5) is 0 Å². The lowest BCUT2D eigenvalue weighted by Crippen LogP contribution is -2.33. The lowest BCUT2D eigenvalue weighted by Gasteiger charge is -2.19. The van der Waals surface area contributed by atoms with Crippen LogP contribution in [0.1, 0.15) is 24.8 Å². The summed E-state index contributed by atoms with van der Waals surface area (Å²) >= 11 is 0. The fourth-order valence-electron chi connectivity index (χ4n) is 2.61. The zero-order valence-electron chi connectivity index (χ0n) is 10.7. The van der Waals surface area contributed by atoms with Crippen molar-refractivity contribution in [3.8, 4) is 11.5 Å². The van der Waals surface area contributed by atoms with Crippen LogP contribution in [0, 0.1) is 5.92 Å². The van der Waals surface area contributed by atoms with E-state index in [9.17, 15) is 10.2 Å². The molecular weight excluding hydrogens is 230 g/mol. The van der Waals surface area contributed by atoms with Crippen LogP contribution in [0.3, 0.4) is 0 Å². The molecule has 1 aromatic rings. The van der Waals surface area contributed by atoms with Crippen LogP contribution >= 0.6 is 0 Å². The van der Waals surface area contributed by atoms with Crippen molar-refractivity contribution in [1.29, 1.82) is 0 Å². The zero-order valence-corrected chi connectivity index (χ0v) is 10.7. The van der Waals surface area contributed by atoms with Crippen LogP contribution in [0.25, 0.3) is 0 Å². The van der Waals surface area contributed by atoms with Gasteiger partial charge in [-0.3, -0.25) is 0 Å². The topological polar surface area (TPSA) is 61.7 Å². The quantitative estimate of drug-likeness (QED) is 0.744. The Labute approximate surface area is 108 Å². The maximum atomic E-state index is 9.52. The van der Waals surface area contributed by atoms with Crippen molar-refractivity contribution < 1.29 is 14.9 Å². The highest BCUT2D eigenvalue weighted by Crippen LogP contribution is 2.28. The van der Waals surface area contributed by atoms with E-state index in [1.807, 2.05) is 12.1 Å². The van der Waals surface area contributed by atoms with Crippen LogP contribution in [0.2, 0.25) is 0 Å². The maximum Gasteiger partial charge on any atom is 0.160 e. The van der Waals surface area contributed by atoms with E-state index in [1.54, 1.807) is 13.2 Å². The summed E-state index contributed by atoms with van der Waals surface area (Å²) < 4.78 is 5.08. The van der Waals surface area contributed by atoms with Crippen molar-refractivity contribution in [2.45, 2.75) is 31.8 Å². The van der Waals surface area contributed by atoms with E-state index in [0.717, 1.165) is 24.9 Å². The first-order chi connectivity index (χ1) is 8.74. The van der Waals surface area contributed by atoms with E-state index >= 15 is 0 Å². The van der Waals surface area contributed by atoms with Crippen LogP contribution in [-0.2, 0) is 6.54 Å². The molecule has 3 N–H and O–H groups in total. The number of benzene rings is 1. The van der Waals surface area contributed by atoms with Crippen LogP contribution in [0.5, 0.6) is 11.5 Å². The zero-order chi connectivity index (χ0) is 13.0. The number of aliphatic hydroxyl groups is 1. The van der Waals surface area contributed by atoms with Gasteiger partial charge in [-0.2, -0.15) is 0 Å². The third-order valence-electron chi connectivity index (χ3n) is 3.71. The van der Waals surface area contributed by atoms with Gasteiger partial charge in [0.05, 0.1) is 7.11 Å². The Hall–Kier alpha value is -1.26. The van der Waals surface area contributed by atoms with Gasteiger partial charge < -0.3 is 20.3 Å². The predicted molar refractivity (Wildman–Crippen MR) is 69.7 cm³/mol. The van der Waals surface area contributed by atoms with E-state index in [4.69, 9.17) is 4.74 Å². The van der Waals surface area contributed by atoms with Gasteiger partial charge >= 0.3 is 0 Å². The third-order valence-corrected chi connectivity index (χ3v) is 3.71. The molecule has 1 aromatic carbocycles. The smallest absolute Gasteiger partial charge is 0.160 e. The minimum absolute atomic E-state index is 0.162. The van der Waals surface area contributed by atoms with Gasteiger partial charge in [0.1, 0.15) is 0 Å². The molecule has 1 aliphatic rings. The van der Waals surface area contributed by atoms with Crippen LogP contribution < -0.4 is 10.1 Å². The van der Waals surface area contributed by atoms with E-state index in [0.29, 0.717) is 17.7 Å². The number of ether oxygens (including phenoxy) is 1. The van der Waals surface area contributed by atoms with Crippen LogP contribution in [0.15, 0.2) is 18.2 Å². The summed E-state index contributed by atoms with van der Waals surface area (Å²) in [6.45, 7) is 0.994. The summed E-state index contributed by atoms with van der Waals surface area (Å²) in [6.07, 6.45) is 3.41. The van der Waals surface area contributed by atoms with Crippen molar-refractivity contribution in [3.05, 3.63) is 23.8 Å². The number of methoxy groups -OCH3 is 1. The van der Waals surface area contributed by atoms with Gasteiger partial charge in [0.2, 0.25) is 0 Å². The summed E-state index contributed by atoms with van der Waals surface area (Å²) in [5.74, 6) is 1.04. The van der Waals surface area contributed by atoms with Crippen molar-refractivity contribution in [2.75, 3.05) is 13.7 Å². The summed E-state index contributed by atoms with van der Waals surface area (Å²) in [6, 6.07) is 5.77. The summed E-state index contributed by atoms with van der Waals surface area (Å²) in [5, 5.41) is 22.2. The molecule has 0 bridgehead atoms. The van der Waals surface area contributed by atoms with E-state index in [2.05, 4.69) is 5.32 Å². The molecule has 0 amide bonds. The van der Waals surface area contributed by atoms with Crippen molar-refractivity contribution in [2.24, 2.45) is 5.92 Å². The molecule has 18 heavy (non-hydrogen) atoms. The van der Waals surface area contributed by atoms with E-state index in [-0.39, 0.29) is 12.4 Å². The number of rotatable bonds is 5. The second kappa shape index (κ2) is 6.07. The molecule has 4 heteroatoms. The fourth-order valence-corrected chi connectivity index (χ4v) is 2.61. The van der Waals surface area contributed by atoms with E-state index in [1.165, 1.54) is 6.42 Å². The van der Waals surface area contributed by atoms with Gasteiger partial charge in [-0.25, -0.2) is 0 Å². The first-order valence-corrected chi connectivity index (χ1v) is 6.44. The molecular formula is C14H21NO3. The van der Waals surface area contributed by atoms with Gasteiger partial charge in [-0.1, -0.05) is 12.5 Å². The minimum Gasteiger partial charge on any atom is -0.504 e. The summed E-state index contributed by atoms with van der Waals surface area (Å²) in [7, 11) is 1.55. The number of aromatic hydroxyl groups is 1. The lowest BCUT2D eigenvalue weighted by atomic mass is 10.0. The highest BCUT2D eigenvalue weighted by atomic mass is 16.5. The number of nitrogens with one attached hydrogen (secondary N) is 1. The molecule has 1 saturated carbocycles. The SMILES string of the molecule is COc1cc(CNC2CCCC2CO)ccc1O. The average molecular weight is 251 g/mol. The Morgan fingerprint density at radius 1 is 1.39 bits per heavy atom. The number of phenolic OH excluding ortho intramolecular Hbond substituents is 1. The van der Waals surface area contributed by atoms with Gasteiger partial charge in [-0.05, 0) is 36.5 Å². The Morgan fingerprint density at radius 2 is 2.22 bits per heavy atom. The number of aliphatic hydroxyl groups excluding tert-OH is 1. The third kappa shape index (κ3) is 2.94. The normalized spacial score (nSPS) is 23.2. The van der Waals surface area contributed by atoms with E-state index < -0.39 is 0 Å². The number of phenols is 1. The number of hydrogen-bond donors (Lipinski definition) is 3. The fraction of sp³-hybridized carbons (Fsp3) is 0.571.